The molecule has 1 aliphatic heterocycles. The van der Waals surface area contributed by atoms with Gasteiger partial charge in [-0.05, 0) is 53.5 Å². The van der Waals surface area contributed by atoms with Gasteiger partial charge in [0.2, 0.25) is 17.7 Å². The average Bonchev–Trinajstić information content (AvgIpc) is 3.43. The van der Waals surface area contributed by atoms with Gasteiger partial charge in [-0.2, -0.15) is 0 Å². The third-order valence-corrected chi connectivity index (χ3v) is 8.29. The van der Waals surface area contributed by atoms with Gasteiger partial charge < -0.3 is 20.7 Å². The molecule has 3 N–H and O–H groups in total. The Balaban J connectivity index is 1.50. The van der Waals surface area contributed by atoms with Gasteiger partial charge in [0.25, 0.3) is 0 Å². The molecular weight excluding hydrogens is 554 g/mol. The average molecular weight is 598 g/mol. The summed E-state index contributed by atoms with van der Waals surface area (Å²) < 4.78 is 0. The predicted octanol–water partition coefficient (Wildman–Crippen LogP) is 4.33. The van der Waals surface area contributed by atoms with Crippen LogP contribution in [0.1, 0.15) is 57.1 Å². The van der Waals surface area contributed by atoms with E-state index in [1.165, 1.54) is 0 Å². The smallest absolute Gasteiger partial charge is 0.225 e. The summed E-state index contributed by atoms with van der Waals surface area (Å²) in [6.07, 6.45) is 3.09. The van der Waals surface area contributed by atoms with Crippen molar-refractivity contribution >= 4 is 40.6 Å². The largest absolute Gasteiger partial charge is 0.356 e. The Hall–Kier alpha value is -4.33. The zero-order chi connectivity index (χ0) is 31.5. The molecule has 0 aromatic heterocycles. The summed E-state index contributed by atoms with van der Waals surface area (Å²) in [5.74, 6) is -1.57. The number of hydrogen-bond acceptors (Lipinski definition) is 5. The number of carbonyl (C=O) groups excluding carboxylic acids is 5. The van der Waals surface area contributed by atoms with Crippen molar-refractivity contribution in [2.75, 3.05) is 6.54 Å². The first kappa shape index (κ1) is 32.6. The fourth-order valence-corrected chi connectivity index (χ4v) is 5.98. The summed E-state index contributed by atoms with van der Waals surface area (Å²) in [7, 11) is 0. The van der Waals surface area contributed by atoms with E-state index in [0.717, 1.165) is 28.3 Å². The van der Waals surface area contributed by atoms with Crippen molar-refractivity contribution in [2.24, 2.45) is 17.8 Å². The maximum Gasteiger partial charge on any atom is 0.225 e. The highest BCUT2D eigenvalue weighted by Crippen LogP contribution is 2.23. The highest BCUT2D eigenvalue weighted by molar-refractivity contribution is 5.94. The van der Waals surface area contributed by atoms with Gasteiger partial charge in [0.15, 0.2) is 5.78 Å². The van der Waals surface area contributed by atoms with Crippen LogP contribution in [0.25, 0.3) is 10.8 Å². The molecule has 4 rings (SSSR count). The number of benzene rings is 3. The molecule has 232 valence electrons. The first-order valence-corrected chi connectivity index (χ1v) is 15.6. The summed E-state index contributed by atoms with van der Waals surface area (Å²) in [6.45, 7) is 4.59. The fourth-order valence-electron chi connectivity index (χ4n) is 5.98. The molecule has 0 saturated carbocycles. The summed E-state index contributed by atoms with van der Waals surface area (Å²) in [4.78, 5) is 64.4. The summed E-state index contributed by atoms with van der Waals surface area (Å²) >= 11 is 0. The molecular formula is C36H43N3O5. The van der Waals surface area contributed by atoms with Crippen molar-refractivity contribution in [3.05, 3.63) is 83.9 Å². The normalized spacial score (nSPS) is 16.6. The van der Waals surface area contributed by atoms with E-state index in [2.05, 4.69) is 16.0 Å². The molecule has 0 spiro atoms. The van der Waals surface area contributed by atoms with E-state index in [4.69, 9.17) is 0 Å². The van der Waals surface area contributed by atoms with Crippen LogP contribution >= 0.6 is 0 Å². The van der Waals surface area contributed by atoms with Gasteiger partial charge in [-0.3, -0.25) is 19.2 Å². The highest BCUT2D eigenvalue weighted by Gasteiger charge is 2.31. The molecule has 1 saturated heterocycles. The van der Waals surface area contributed by atoms with E-state index in [1.54, 1.807) is 0 Å². The molecule has 8 nitrogen and oxygen atoms in total. The predicted molar refractivity (Wildman–Crippen MR) is 171 cm³/mol. The van der Waals surface area contributed by atoms with E-state index in [-0.39, 0.29) is 54.6 Å². The number of amides is 3. The van der Waals surface area contributed by atoms with Crippen LogP contribution in [0.3, 0.4) is 0 Å². The lowest BCUT2D eigenvalue weighted by molar-refractivity contribution is -0.133. The van der Waals surface area contributed by atoms with Crippen molar-refractivity contribution in [1.29, 1.82) is 0 Å². The van der Waals surface area contributed by atoms with Crippen LogP contribution in [0.5, 0.6) is 0 Å². The molecule has 0 bridgehead atoms. The lowest BCUT2D eigenvalue weighted by Gasteiger charge is -2.24. The second-order valence-electron chi connectivity index (χ2n) is 12.2. The molecule has 3 aromatic carbocycles. The van der Waals surface area contributed by atoms with Gasteiger partial charge in [-0.15, -0.1) is 0 Å². The van der Waals surface area contributed by atoms with Crippen LogP contribution in [0.15, 0.2) is 72.8 Å². The molecule has 0 radical (unpaired) electrons. The first-order valence-electron chi connectivity index (χ1n) is 15.6. The van der Waals surface area contributed by atoms with Crippen LogP contribution < -0.4 is 16.0 Å². The molecule has 1 heterocycles. The van der Waals surface area contributed by atoms with Crippen molar-refractivity contribution in [2.45, 2.75) is 70.9 Å². The van der Waals surface area contributed by atoms with E-state index >= 15 is 0 Å². The Morgan fingerprint density at radius 3 is 2.39 bits per heavy atom. The van der Waals surface area contributed by atoms with E-state index in [0.29, 0.717) is 32.1 Å². The van der Waals surface area contributed by atoms with Crippen LogP contribution in [0, 0.1) is 17.8 Å². The molecule has 1 aliphatic rings. The molecule has 0 aliphatic carbocycles. The second kappa shape index (κ2) is 15.9. The topological polar surface area (TPSA) is 121 Å². The van der Waals surface area contributed by atoms with Crippen molar-refractivity contribution in [3.8, 4) is 0 Å². The van der Waals surface area contributed by atoms with E-state index in [1.807, 2.05) is 86.6 Å². The quantitative estimate of drug-likeness (QED) is 0.212. The lowest BCUT2D eigenvalue weighted by atomic mass is 9.87. The number of fused-ring (bicyclic) bond motifs is 1. The Kier molecular flexibility index (Phi) is 11.8. The molecule has 8 heteroatoms. The maximum absolute atomic E-state index is 14.0. The number of ketones is 1. The number of rotatable bonds is 16. The third kappa shape index (κ3) is 9.33. The highest BCUT2D eigenvalue weighted by atomic mass is 16.2. The van der Waals surface area contributed by atoms with Gasteiger partial charge in [0, 0.05) is 31.2 Å². The zero-order valence-electron chi connectivity index (χ0n) is 25.6. The minimum absolute atomic E-state index is 0.0178. The van der Waals surface area contributed by atoms with Gasteiger partial charge in [0.05, 0.1) is 18.5 Å². The summed E-state index contributed by atoms with van der Waals surface area (Å²) in [5.41, 5.74) is 1.77. The Bertz CT molecular complexity index is 1450. The number of Topliss-reactive ketones (excluding diaryl/α,β-unsaturated/α-hetero) is 1. The third-order valence-electron chi connectivity index (χ3n) is 8.29. The molecule has 3 amide bonds. The molecule has 0 unspecified atom stereocenters. The second-order valence-corrected chi connectivity index (χ2v) is 12.2. The minimum atomic E-state index is -0.831. The van der Waals surface area contributed by atoms with Gasteiger partial charge in [0.1, 0.15) is 6.29 Å². The van der Waals surface area contributed by atoms with Gasteiger partial charge in [-0.25, -0.2) is 0 Å². The molecule has 4 atom stereocenters. The van der Waals surface area contributed by atoms with Crippen LogP contribution in [-0.4, -0.2) is 48.4 Å². The standard InChI is InChI=1S/C36H43N3O5/c1-24(2)19-29(36(44)38-30(23-40)16-15-27-17-18-37-35(27)43)22-33(41)32(39-34(42)20-25-9-4-3-5-10-25)21-28-13-8-12-26-11-6-7-14-31(26)28/h3-14,23-24,27,29-30,32H,15-22H2,1-2H3,(H,37,43)(H,38,44)(H,39,42)/t27-,29-,30+,32+/m1/s1. The van der Waals surface area contributed by atoms with Crippen molar-refractivity contribution in [1.82, 2.24) is 16.0 Å². The molecule has 44 heavy (non-hydrogen) atoms. The zero-order valence-corrected chi connectivity index (χ0v) is 25.6. The monoisotopic (exact) mass is 597 g/mol. The van der Waals surface area contributed by atoms with Gasteiger partial charge in [-0.1, -0.05) is 86.6 Å². The summed E-state index contributed by atoms with van der Waals surface area (Å²) in [5, 5.41) is 10.6. The fraction of sp³-hybridized carbons (Fsp3) is 0.417. The Morgan fingerprint density at radius 1 is 0.955 bits per heavy atom. The van der Waals surface area contributed by atoms with E-state index in [9.17, 15) is 24.0 Å². The maximum atomic E-state index is 14.0. The number of carbonyl (C=O) groups is 5. The lowest BCUT2D eigenvalue weighted by Crippen LogP contribution is -2.46. The minimum Gasteiger partial charge on any atom is -0.356 e. The summed E-state index contributed by atoms with van der Waals surface area (Å²) in [6, 6.07) is 21.6. The van der Waals surface area contributed by atoms with Crippen LogP contribution in [0.4, 0.5) is 0 Å². The van der Waals surface area contributed by atoms with Crippen LogP contribution in [0.2, 0.25) is 0 Å². The van der Waals surface area contributed by atoms with Gasteiger partial charge >= 0.3 is 0 Å². The SMILES string of the molecule is CC(C)C[C@H](CC(=O)[C@H](Cc1cccc2ccccc12)NC(=O)Cc1ccccc1)C(=O)N[C@H](C=O)CC[C@@H]1CCNC1=O. The van der Waals surface area contributed by atoms with Crippen molar-refractivity contribution in [3.63, 3.8) is 0 Å². The Morgan fingerprint density at radius 2 is 1.68 bits per heavy atom. The number of hydrogen-bond donors (Lipinski definition) is 3. The molecule has 3 aromatic rings. The van der Waals surface area contributed by atoms with E-state index < -0.39 is 18.0 Å². The van der Waals surface area contributed by atoms with Crippen molar-refractivity contribution < 1.29 is 24.0 Å². The Labute approximate surface area is 259 Å². The molecule has 1 fully saturated rings. The number of nitrogens with one attached hydrogen (secondary N) is 3. The first-order chi connectivity index (χ1) is 21.2. The van der Waals surface area contributed by atoms with Crippen LogP contribution in [-0.2, 0) is 36.8 Å². The number of aldehydes is 1.